The molecule has 0 fully saturated rings. The highest BCUT2D eigenvalue weighted by Crippen LogP contribution is 2.03. The fraction of sp³-hybridized carbons (Fsp3) is 0.364. The normalized spacial score (nSPS) is 9.75. The van der Waals surface area contributed by atoms with Gasteiger partial charge in [-0.3, -0.25) is 9.78 Å². The van der Waals surface area contributed by atoms with Crippen molar-refractivity contribution in [1.29, 1.82) is 0 Å². The minimum atomic E-state index is -1.16. The number of carbonyl (C=O) groups is 2. The van der Waals surface area contributed by atoms with Gasteiger partial charge in [0, 0.05) is 18.8 Å². The van der Waals surface area contributed by atoms with Crippen LogP contribution in [0.4, 0.5) is 4.79 Å². The fourth-order valence-electron chi connectivity index (χ4n) is 1.30. The summed E-state index contributed by atoms with van der Waals surface area (Å²) in [6.45, 7) is -0.105. The van der Waals surface area contributed by atoms with Crippen LogP contribution in [0.15, 0.2) is 24.5 Å². The van der Waals surface area contributed by atoms with Gasteiger partial charge in [-0.05, 0) is 30.5 Å². The van der Waals surface area contributed by atoms with Gasteiger partial charge in [-0.1, -0.05) is 0 Å². The third kappa shape index (κ3) is 5.09. The number of ketones is 1. The van der Waals surface area contributed by atoms with Gasteiger partial charge in [0.2, 0.25) is 0 Å². The van der Waals surface area contributed by atoms with E-state index in [0.717, 1.165) is 18.4 Å². The lowest BCUT2D eigenvalue weighted by atomic mass is 10.1. The second kappa shape index (κ2) is 6.55. The molecule has 0 bridgehead atoms. The Morgan fingerprint density at radius 1 is 1.31 bits per heavy atom. The number of aryl methyl sites for hydroxylation is 1. The van der Waals surface area contributed by atoms with Crippen LogP contribution in [0.25, 0.3) is 0 Å². The lowest BCUT2D eigenvalue weighted by Crippen LogP contribution is -2.27. The van der Waals surface area contributed by atoms with Crippen LogP contribution >= 0.6 is 0 Å². The number of pyridine rings is 1. The summed E-state index contributed by atoms with van der Waals surface area (Å²) in [6, 6.07) is 3.81. The zero-order chi connectivity index (χ0) is 11.8. The topological polar surface area (TPSA) is 79.3 Å². The first-order chi connectivity index (χ1) is 7.68. The molecule has 1 aromatic heterocycles. The number of Topliss-reactive ketones (excluding diaryl/α,β-unsaturated/α-hetero) is 1. The first-order valence-corrected chi connectivity index (χ1v) is 5.06. The summed E-state index contributed by atoms with van der Waals surface area (Å²) in [5.41, 5.74) is 1.13. The van der Waals surface area contributed by atoms with Gasteiger partial charge in [0.05, 0.1) is 6.54 Å². The van der Waals surface area contributed by atoms with Gasteiger partial charge in [0.25, 0.3) is 0 Å². The highest BCUT2D eigenvalue weighted by atomic mass is 16.4. The van der Waals surface area contributed by atoms with E-state index in [1.807, 2.05) is 12.1 Å². The van der Waals surface area contributed by atoms with E-state index in [1.54, 1.807) is 12.4 Å². The summed E-state index contributed by atoms with van der Waals surface area (Å²) in [7, 11) is 0. The van der Waals surface area contributed by atoms with Crippen LogP contribution in [-0.4, -0.2) is 28.5 Å². The summed E-state index contributed by atoms with van der Waals surface area (Å²) in [5.74, 6) is -0.0866. The number of nitrogens with zero attached hydrogens (tertiary/aromatic N) is 1. The Morgan fingerprint density at radius 2 is 2.00 bits per heavy atom. The Bertz CT molecular complexity index is 352. The number of carboxylic acid groups (broad SMARTS) is 1. The van der Waals surface area contributed by atoms with E-state index in [0.29, 0.717) is 6.42 Å². The average Bonchev–Trinajstić information content (AvgIpc) is 2.28. The van der Waals surface area contributed by atoms with Crippen molar-refractivity contribution in [1.82, 2.24) is 10.3 Å². The molecule has 0 saturated carbocycles. The molecule has 86 valence electrons. The Labute approximate surface area is 93.5 Å². The van der Waals surface area contributed by atoms with Crippen LogP contribution in [0.3, 0.4) is 0 Å². The second-order valence-corrected chi connectivity index (χ2v) is 3.41. The molecule has 0 aliphatic heterocycles. The number of rotatable bonds is 6. The van der Waals surface area contributed by atoms with E-state index in [1.165, 1.54) is 0 Å². The lowest BCUT2D eigenvalue weighted by Gasteiger charge is -2.01. The molecule has 2 N–H and O–H groups in total. The van der Waals surface area contributed by atoms with Crippen molar-refractivity contribution in [3.05, 3.63) is 30.1 Å². The van der Waals surface area contributed by atoms with Crippen LogP contribution in [0, 0.1) is 0 Å². The molecule has 0 radical (unpaired) electrons. The highest BCUT2D eigenvalue weighted by molar-refractivity contribution is 5.83. The molecule has 1 aromatic rings. The van der Waals surface area contributed by atoms with Crippen LogP contribution in [-0.2, 0) is 11.2 Å². The summed E-state index contributed by atoms with van der Waals surface area (Å²) in [4.78, 5) is 25.2. The molecule has 1 rings (SSSR count). The quantitative estimate of drug-likeness (QED) is 0.759. The zero-order valence-corrected chi connectivity index (χ0v) is 8.85. The SMILES string of the molecule is O=C(CCCc1ccncc1)CNC(=O)O. The molecule has 0 aliphatic carbocycles. The molecule has 16 heavy (non-hydrogen) atoms. The average molecular weight is 222 g/mol. The number of carbonyl (C=O) groups excluding carboxylic acids is 1. The van der Waals surface area contributed by atoms with Crippen molar-refractivity contribution < 1.29 is 14.7 Å². The molecule has 1 amide bonds. The van der Waals surface area contributed by atoms with E-state index in [4.69, 9.17) is 5.11 Å². The third-order valence-electron chi connectivity index (χ3n) is 2.11. The Balaban J connectivity index is 2.16. The molecule has 0 aromatic carbocycles. The highest BCUT2D eigenvalue weighted by Gasteiger charge is 2.03. The minimum absolute atomic E-state index is 0.0866. The maximum absolute atomic E-state index is 11.2. The van der Waals surface area contributed by atoms with Crippen molar-refractivity contribution in [2.75, 3.05) is 6.54 Å². The van der Waals surface area contributed by atoms with Gasteiger partial charge >= 0.3 is 6.09 Å². The van der Waals surface area contributed by atoms with Crippen molar-refractivity contribution in [3.63, 3.8) is 0 Å². The van der Waals surface area contributed by atoms with E-state index in [2.05, 4.69) is 10.3 Å². The largest absolute Gasteiger partial charge is 0.465 e. The maximum Gasteiger partial charge on any atom is 0.405 e. The van der Waals surface area contributed by atoms with Crippen molar-refractivity contribution in [2.45, 2.75) is 19.3 Å². The van der Waals surface area contributed by atoms with Gasteiger partial charge in [0.15, 0.2) is 5.78 Å². The van der Waals surface area contributed by atoms with Gasteiger partial charge in [-0.2, -0.15) is 0 Å². The summed E-state index contributed by atoms with van der Waals surface area (Å²) in [5, 5.41) is 10.3. The predicted molar refractivity (Wildman–Crippen MR) is 58.2 cm³/mol. The van der Waals surface area contributed by atoms with Crippen LogP contribution in [0.2, 0.25) is 0 Å². The molecule has 0 atom stereocenters. The predicted octanol–water partition coefficient (Wildman–Crippen LogP) is 1.24. The molecule has 1 heterocycles. The molecule has 5 nitrogen and oxygen atoms in total. The van der Waals surface area contributed by atoms with Crippen LogP contribution < -0.4 is 5.32 Å². The van der Waals surface area contributed by atoms with Gasteiger partial charge in [0.1, 0.15) is 0 Å². The van der Waals surface area contributed by atoms with E-state index < -0.39 is 6.09 Å². The molecular formula is C11H14N2O3. The number of nitrogens with one attached hydrogen (secondary N) is 1. The standard InChI is InChI=1S/C11H14N2O3/c14-10(8-13-11(15)16)3-1-2-9-4-6-12-7-5-9/h4-7,13H,1-3,8H2,(H,15,16). The van der Waals surface area contributed by atoms with Gasteiger partial charge in [-0.25, -0.2) is 4.79 Å². The van der Waals surface area contributed by atoms with Crippen LogP contribution in [0.5, 0.6) is 0 Å². The van der Waals surface area contributed by atoms with Crippen molar-refractivity contribution >= 4 is 11.9 Å². The first kappa shape index (κ1) is 12.2. The minimum Gasteiger partial charge on any atom is -0.465 e. The third-order valence-corrected chi connectivity index (χ3v) is 2.11. The zero-order valence-electron chi connectivity index (χ0n) is 8.85. The molecule has 0 spiro atoms. The van der Waals surface area contributed by atoms with Crippen molar-refractivity contribution in [3.8, 4) is 0 Å². The Morgan fingerprint density at radius 3 is 2.62 bits per heavy atom. The van der Waals surface area contributed by atoms with E-state index >= 15 is 0 Å². The number of hydrogen-bond acceptors (Lipinski definition) is 3. The Kier molecular flexibility index (Phi) is 4.98. The lowest BCUT2D eigenvalue weighted by molar-refractivity contribution is -0.118. The van der Waals surface area contributed by atoms with Gasteiger partial charge < -0.3 is 10.4 Å². The molecule has 5 heteroatoms. The molecular weight excluding hydrogens is 208 g/mol. The molecule has 0 saturated heterocycles. The Hall–Kier alpha value is -1.91. The van der Waals surface area contributed by atoms with Crippen molar-refractivity contribution in [2.24, 2.45) is 0 Å². The number of hydrogen-bond donors (Lipinski definition) is 2. The first-order valence-electron chi connectivity index (χ1n) is 5.06. The second-order valence-electron chi connectivity index (χ2n) is 3.41. The summed E-state index contributed by atoms with van der Waals surface area (Å²) in [6.07, 6.45) is 4.18. The maximum atomic E-state index is 11.2. The summed E-state index contributed by atoms with van der Waals surface area (Å²) >= 11 is 0. The number of aromatic nitrogens is 1. The smallest absolute Gasteiger partial charge is 0.405 e. The van der Waals surface area contributed by atoms with E-state index in [-0.39, 0.29) is 12.3 Å². The monoisotopic (exact) mass is 222 g/mol. The van der Waals surface area contributed by atoms with Gasteiger partial charge in [-0.15, -0.1) is 0 Å². The molecule has 0 aliphatic rings. The number of amides is 1. The summed E-state index contributed by atoms with van der Waals surface area (Å²) < 4.78 is 0. The fourth-order valence-corrected chi connectivity index (χ4v) is 1.30. The van der Waals surface area contributed by atoms with Crippen LogP contribution in [0.1, 0.15) is 18.4 Å². The van der Waals surface area contributed by atoms with E-state index in [9.17, 15) is 9.59 Å². The molecule has 0 unspecified atom stereocenters.